The third-order valence-electron chi connectivity index (χ3n) is 4.68. The number of aromatic nitrogens is 5. The van der Waals surface area contributed by atoms with Crippen LogP contribution in [0.25, 0.3) is 16.7 Å². The van der Waals surface area contributed by atoms with Gasteiger partial charge in [0, 0.05) is 11.6 Å². The van der Waals surface area contributed by atoms with Crippen molar-refractivity contribution in [1.82, 2.24) is 25.0 Å². The number of anilines is 1. The number of nitrogens with two attached hydrogens (primary N) is 1. The van der Waals surface area contributed by atoms with Crippen LogP contribution in [0.1, 0.15) is 5.69 Å². The number of carbonyl (C=O) groups is 1. The lowest BCUT2D eigenvalue weighted by Crippen LogP contribution is -2.32. The number of fused-ring (bicyclic) bond motifs is 1. The molecule has 0 fully saturated rings. The van der Waals surface area contributed by atoms with Gasteiger partial charge in [-0.3, -0.25) is 4.79 Å². The Labute approximate surface area is 205 Å². The van der Waals surface area contributed by atoms with Gasteiger partial charge in [-0.1, -0.05) is 17.7 Å². The van der Waals surface area contributed by atoms with Gasteiger partial charge in [-0.25, -0.2) is 15.0 Å². The van der Waals surface area contributed by atoms with E-state index in [1.54, 1.807) is 0 Å². The van der Waals surface area contributed by atoms with Gasteiger partial charge in [0.05, 0.1) is 46.1 Å². The van der Waals surface area contributed by atoms with Gasteiger partial charge in [0.25, 0.3) is 5.91 Å². The monoisotopic (exact) mass is 511 g/mol. The maximum absolute atomic E-state index is 14.0. The molecule has 0 aliphatic heterocycles. The van der Waals surface area contributed by atoms with Crippen LogP contribution in [0.4, 0.5) is 24.5 Å². The first-order valence-corrected chi connectivity index (χ1v) is 10.3. The number of rotatable bonds is 5. The highest BCUT2D eigenvalue weighted by Gasteiger charge is 2.40. The van der Waals surface area contributed by atoms with Crippen LogP contribution in [-0.4, -0.2) is 42.8 Å². The summed E-state index contributed by atoms with van der Waals surface area (Å²) in [6.07, 6.45) is -0.562. The minimum atomic E-state index is -5.05. The van der Waals surface area contributed by atoms with Crippen LogP contribution >= 0.6 is 11.6 Å². The van der Waals surface area contributed by atoms with Crippen molar-refractivity contribution in [2.75, 3.05) is 5.32 Å². The number of aliphatic imine (C=N–C) groups is 1. The van der Waals surface area contributed by atoms with Crippen LogP contribution in [0.15, 0.2) is 71.8 Å². The minimum Gasteiger partial charge on any atom is -0.404 e. The maximum Gasteiger partial charge on any atom is 0.434 e. The minimum absolute atomic E-state index is 0.000161. The number of nitrogens with one attached hydrogen (secondary N) is 1. The zero-order valence-electron chi connectivity index (χ0n) is 17.9. The van der Waals surface area contributed by atoms with E-state index < -0.39 is 23.4 Å². The molecule has 1 amide bonds. The number of nitriles is 1. The highest BCUT2D eigenvalue weighted by Crippen LogP contribution is 2.31. The molecule has 3 aromatic heterocycles. The van der Waals surface area contributed by atoms with Crippen LogP contribution in [-0.2, 0) is 4.79 Å². The largest absolute Gasteiger partial charge is 0.434 e. The third-order valence-corrected chi connectivity index (χ3v) is 4.96. The van der Waals surface area contributed by atoms with Gasteiger partial charge in [-0.15, -0.1) is 4.80 Å². The molecular weight excluding hydrogens is 499 g/mol. The number of halogens is 4. The molecule has 0 aliphatic carbocycles. The van der Waals surface area contributed by atoms with E-state index in [-0.39, 0.29) is 38.8 Å². The zero-order valence-corrected chi connectivity index (χ0v) is 18.7. The third kappa shape index (κ3) is 4.98. The standard InChI is InChI=1S/C22H13ClF3N9O/c23-16-8-13(11-29-20(16)35-30-6-7-31-35)33-21(36)15(10-28)19(22(24,25)26)34-18-3-1-2-17-14(18)5-4-12(9-27)32-17/h1-8,10-11H,28H2,(H,33,36). The molecular formula is C22H13ClF3N9O. The fourth-order valence-electron chi connectivity index (χ4n) is 3.13. The molecule has 3 N–H and O–H groups in total. The number of carbonyl (C=O) groups excluding carboxylic acids is 1. The van der Waals surface area contributed by atoms with Crippen molar-refractivity contribution in [2.24, 2.45) is 10.7 Å². The van der Waals surface area contributed by atoms with Gasteiger partial charge >= 0.3 is 6.18 Å². The van der Waals surface area contributed by atoms with Gasteiger partial charge in [0.1, 0.15) is 11.8 Å². The van der Waals surface area contributed by atoms with Gasteiger partial charge in [-0.2, -0.15) is 28.6 Å². The Morgan fingerprint density at radius 2 is 1.97 bits per heavy atom. The van der Waals surface area contributed by atoms with Crippen LogP contribution in [0, 0.1) is 11.3 Å². The predicted octanol–water partition coefficient (Wildman–Crippen LogP) is 3.85. The van der Waals surface area contributed by atoms with Gasteiger partial charge in [0.2, 0.25) is 0 Å². The lowest BCUT2D eigenvalue weighted by molar-refractivity contribution is -0.113. The second kappa shape index (κ2) is 9.80. The fourth-order valence-corrected chi connectivity index (χ4v) is 3.37. The van der Waals surface area contributed by atoms with Crippen molar-refractivity contribution in [1.29, 1.82) is 5.26 Å². The number of pyridine rings is 2. The molecule has 4 rings (SSSR count). The number of alkyl halides is 3. The van der Waals surface area contributed by atoms with E-state index in [0.29, 0.717) is 6.20 Å². The highest BCUT2D eigenvalue weighted by molar-refractivity contribution is 6.32. The van der Waals surface area contributed by atoms with Crippen LogP contribution < -0.4 is 11.1 Å². The van der Waals surface area contributed by atoms with Gasteiger partial charge < -0.3 is 11.1 Å². The predicted molar refractivity (Wildman–Crippen MR) is 125 cm³/mol. The molecule has 3 heterocycles. The summed E-state index contributed by atoms with van der Waals surface area (Å²) < 4.78 is 42.1. The summed E-state index contributed by atoms with van der Waals surface area (Å²) in [4.78, 5) is 25.7. The molecule has 10 nitrogen and oxygen atoms in total. The van der Waals surface area contributed by atoms with Crippen molar-refractivity contribution < 1.29 is 18.0 Å². The highest BCUT2D eigenvalue weighted by atomic mass is 35.5. The Bertz CT molecular complexity index is 1560. The second-order valence-electron chi connectivity index (χ2n) is 6.99. The van der Waals surface area contributed by atoms with Gasteiger partial charge in [0.15, 0.2) is 11.5 Å². The summed E-state index contributed by atoms with van der Waals surface area (Å²) in [5, 5.41) is 19.3. The summed E-state index contributed by atoms with van der Waals surface area (Å²) in [7, 11) is 0. The normalized spacial score (nSPS) is 12.4. The van der Waals surface area contributed by atoms with Crippen molar-refractivity contribution in [2.45, 2.75) is 6.18 Å². The average molecular weight is 512 g/mol. The Hall–Kier alpha value is -4.83. The summed E-state index contributed by atoms with van der Waals surface area (Å²) in [6, 6.07) is 10.2. The lowest BCUT2D eigenvalue weighted by Gasteiger charge is -2.15. The Kier molecular flexibility index (Phi) is 6.62. The molecule has 0 spiro atoms. The SMILES string of the molecule is N#Cc1ccc2c(N=C(C(=CN)C(=O)Nc3cnc(-n4nccn4)c(Cl)c3)C(F)(F)F)cccc2n1. The summed E-state index contributed by atoms with van der Waals surface area (Å²) in [6.45, 7) is 0. The van der Waals surface area contributed by atoms with E-state index in [1.165, 1.54) is 55.0 Å². The quantitative estimate of drug-likeness (QED) is 0.305. The first kappa shape index (κ1) is 24.3. The molecule has 0 unspecified atom stereocenters. The van der Waals surface area contributed by atoms with E-state index in [4.69, 9.17) is 22.6 Å². The Morgan fingerprint density at radius 1 is 1.22 bits per heavy atom. The van der Waals surface area contributed by atoms with Crippen molar-refractivity contribution in [3.63, 3.8) is 0 Å². The molecule has 36 heavy (non-hydrogen) atoms. The van der Waals surface area contributed by atoms with Crippen LogP contribution in [0.5, 0.6) is 0 Å². The molecule has 0 bridgehead atoms. The molecule has 0 radical (unpaired) electrons. The van der Waals surface area contributed by atoms with E-state index in [1.807, 2.05) is 6.07 Å². The Balaban J connectivity index is 1.69. The average Bonchev–Trinajstić information content (AvgIpc) is 3.37. The molecule has 180 valence electrons. The number of hydrogen-bond donors (Lipinski definition) is 2. The fraction of sp³-hybridized carbons (Fsp3) is 0.0455. The summed E-state index contributed by atoms with van der Waals surface area (Å²) in [5.74, 6) is -1.04. The summed E-state index contributed by atoms with van der Waals surface area (Å²) in [5.41, 5.74) is 3.19. The molecule has 0 atom stereocenters. The van der Waals surface area contributed by atoms with E-state index in [2.05, 4.69) is 30.5 Å². The van der Waals surface area contributed by atoms with Crippen molar-refractivity contribution in [3.05, 3.63) is 77.5 Å². The first-order chi connectivity index (χ1) is 17.2. The number of amides is 1. The Morgan fingerprint density at radius 3 is 2.61 bits per heavy atom. The number of nitrogens with zero attached hydrogens (tertiary/aromatic N) is 7. The zero-order chi connectivity index (χ0) is 25.9. The summed E-state index contributed by atoms with van der Waals surface area (Å²) >= 11 is 6.15. The number of hydrogen-bond acceptors (Lipinski definition) is 8. The van der Waals surface area contributed by atoms with Crippen molar-refractivity contribution in [3.8, 4) is 11.9 Å². The number of benzene rings is 1. The van der Waals surface area contributed by atoms with Crippen molar-refractivity contribution >= 4 is 45.5 Å². The molecule has 1 aromatic carbocycles. The molecule has 0 saturated heterocycles. The van der Waals surface area contributed by atoms with E-state index in [9.17, 15) is 18.0 Å². The van der Waals surface area contributed by atoms with Crippen LogP contribution in [0.3, 0.4) is 0 Å². The molecule has 0 saturated carbocycles. The second-order valence-corrected chi connectivity index (χ2v) is 7.40. The smallest absolute Gasteiger partial charge is 0.404 e. The molecule has 14 heteroatoms. The topological polar surface area (TPSA) is 148 Å². The molecule has 0 aliphatic rings. The van der Waals surface area contributed by atoms with Gasteiger partial charge in [-0.05, 0) is 30.3 Å². The van der Waals surface area contributed by atoms with E-state index >= 15 is 0 Å². The van der Waals surface area contributed by atoms with E-state index in [0.717, 1.165) is 4.80 Å². The first-order valence-electron chi connectivity index (χ1n) is 9.93. The molecule has 4 aromatic rings. The lowest BCUT2D eigenvalue weighted by atomic mass is 10.1. The van der Waals surface area contributed by atoms with Crippen LogP contribution in [0.2, 0.25) is 5.02 Å². The maximum atomic E-state index is 14.0.